The normalized spacial score (nSPS) is 33.3. The van der Waals surface area contributed by atoms with Crippen molar-refractivity contribution in [2.45, 2.75) is 160 Å². The van der Waals surface area contributed by atoms with E-state index in [9.17, 15) is 9.59 Å². The van der Waals surface area contributed by atoms with Gasteiger partial charge in [0.25, 0.3) is 0 Å². The molecule has 0 aromatic rings. The highest BCUT2D eigenvalue weighted by molar-refractivity contribution is 5.94. The van der Waals surface area contributed by atoms with E-state index in [1.807, 2.05) is 13.0 Å². The lowest BCUT2D eigenvalue weighted by Crippen LogP contribution is -2.49. The van der Waals surface area contributed by atoms with Crippen LogP contribution in [0.5, 0.6) is 0 Å². The second-order valence-corrected chi connectivity index (χ2v) is 12.5. The molecule has 1 aliphatic carbocycles. The van der Waals surface area contributed by atoms with E-state index in [-0.39, 0.29) is 29.9 Å². The molecule has 0 aromatic carbocycles. The van der Waals surface area contributed by atoms with Gasteiger partial charge < -0.3 is 24.3 Å². The second kappa shape index (κ2) is 15.1. The first-order valence-electron chi connectivity index (χ1n) is 16.2. The number of allylic oxidation sites excluding steroid dienone is 3. The quantitative estimate of drug-likeness (QED) is 0.0860. The van der Waals surface area contributed by atoms with E-state index in [0.29, 0.717) is 18.9 Å². The summed E-state index contributed by atoms with van der Waals surface area (Å²) in [7, 11) is 0. The van der Waals surface area contributed by atoms with E-state index < -0.39 is 24.1 Å². The fourth-order valence-corrected chi connectivity index (χ4v) is 6.50. The maximum atomic E-state index is 13.0. The zero-order valence-corrected chi connectivity index (χ0v) is 25.3. The van der Waals surface area contributed by atoms with Gasteiger partial charge in [0.05, 0.1) is 6.04 Å². The molecule has 226 valence electrons. The van der Waals surface area contributed by atoms with Gasteiger partial charge in [-0.05, 0) is 25.7 Å². The first-order valence-corrected chi connectivity index (χ1v) is 16.2. The first-order chi connectivity index (χ1) is 19.4. The van der Waals surface area contributed by atoms with Crippen LogP contribution in [-0.2, 0) is 28.5 Å². The molecule has 7 heteroatoms. The highest BCUT2D eigenvalue weighted by Crippen LogP contribution is 2.57. The first kappa shape index (κ1) is 31.4. The van der Waals surface area contributed by atoms with Crippen molar-refractivity contribution in [3.63, 3.8) is 0 Å². The molecule has 7 atom stereocenters. The van der Waals surface area contributed by atoms with Gasteiger partial charge in [-0.15, -0.1) is 0 Å². The SMILES string of the molecule is CCCCCCCCCCOC1OC2(CC1NC(=O)/C=C/C(C)=C/C(C)CCCCCC)C1OC1C(=O)C1OC12. The topological polar surface area (TPSA) is 89.7 Å². The number of hydrogen-bond acceptors (Lipinski definition) is 6. The molecular formula is C33H53NO6. The number of unbranched alkanes of at least 4 members (excludes halogenated alkanes) is 10. The Morgan fingerprint density at radius 2 is 1.55 bits per heavy atom. The van der Waals surface area contributed by atoms with E-state index in [2.05, 4.69) is 32.2 Å². The minimum absolute atomic E-state index is 0.0258. The van der Waals surface area contributed by atoms with Crippen LogP contribution in [0, 0.1) is 5.92 Å². The number of ether oxygens (including phenoxy) is 4. The Kier molecular flexibility index (Phi) is 11.8. The summed E-state index contributed by atoms with van der Waals surface area (Å²) in [4.78, 5) is 25.3. The third-order valence-corrected chi connectivity index (χ3v) is 8.88. The van der Waals surface area contributed by atoms with Crippen molar-refractivity contribution in [3.8, 4) is 0 Å². The van der Waals surface area contributed by atoms with Crippen molar-refractivity contribution >= 4 is 11.7 Å². The van der Waals surface area contributed by atoms with Crippen LogP contribution in [0.1, 0.15) is 118 Å². The van der Waals surface area contributed by atoms with E-state index in [1.165, 1.54) is 70.6 Å². The number of fused-ring (bicyclic) bond motifs is 4. The maximum Gasteiger partial charge on any atom is 0.244 e. The van der Waals surface area contributed by atoms with Crippen LogP contribution in [-0.4, -0.2) is 60.6 Å². The molecule has 7 unspecified atom stereocenters. The van der Waals surface area contributed by atoms with Gasteiger partial charge in [0, 0.05) is 19.1 Å². The van der Waals surface area contributed by atoms with Crippen LogP contribution in [0.25, 0.3) is 0 Å². The third-order valence-electron chi connectivity index (χ3n) is 8.88. The highest BCUT2D eigenvalue weighted by Gasteiger charge is 2.79. The molecule has 0 radical (unpaired) electrons. The van der Waals surface area contributed by atoms with Crippen molar-refractivity contribution in [2.75, 3.05) is 6.61 Å². The van der Waals surface area contributed by atoms with Gasteiger partial charge in [-0.2, -0.15) is 0 Å². The molecule has 0 bridgehead atoms. The number of ketones is 1. The Hall–Kier alpha value is -1.54. The number of epoxide rings is 2. The molecule has 3 heterocycles. The molecule has 4 aliphatic rings. The summed E-state index contributed by atoms with van der Waals surface area (Å²) in [5.41, 5.74) is 0.367. The molecule has 4 fully saturated rings. The summed E-state index contributed by atoms with van der Waals surface area (Å²) < 4.78 is 24.2. The van der Waals surface area contributed by atoms with E-state index in [0.717, 1.165) is 18.4 Å². The summed E-state index contributed by atoms with van der Waals surface area (Å²) >= 11 is 0. The largest absolute Gasteiger partial charge is 0.358 e. The maximum absolute atomic E-state index is 13.0. The molecule has 3 aliphatic heterocycles. The Balaban J connectivity index is 1.27. The van der Waals surface area contributed by atoms with Gasteiger partial charge >= 0.3 is 0 Å². The number of carbonyl (C=O) groups excluding carboxylic acids is 2. The smallest absolute Gasteiger partial charge is 0.244 e. The lowest BCUT2D eigenvalue weighted by molar-refractivity contribution is -0.186. The monoisotopic (exact) mass is 559 g/mol. The standard InChI is InChI=1S/C33H53NO6/c1-5-7-9-11-12-13-14-16-20-37-32-25(22-33(40-32)30-28(38-30)27(36)29-31(33)39-29)34-26(35)19-18-24(4)21-23(3)17-15-10-8-6-2/h18-19,21,23,25,28-32H,5-17,20,22H2,1-4H3,(H,34,35)/b19-18+,24-21+. The van der Waals surface area contributed by atoms with Gasteiger partial charge in [-0.3, -0.25) is 9.59 Å². The van der Waals surface area contributed by atoms with Crippen molar-refractivity contribution in [1.29, 1.82) is 0 Å². The van der Waals surface area contributed by atoms with E-state index in [1.54, 1.807) is 6.08 Å². The minimum atomic E-state index is -0.724. The zero-order valence-electron chi connectivity index (χ0n) is 25.3. The summed E-state index contributed by atoms with van der Waals surface area (Å²) in [6, 6.07) is -0.323. The van der Waals surface area contributed by atoms with Gasteiger partial charge in [0.1, 0.15) is 30.0 Å². The van der Waals surface area contributed by atoms with Crippen LogP contribution in [0.3, 0.4) is 0 Å². The molecular weight excluding hydrogens is 506 g/mol. The number of nitrogens with one attached hydrogen (secondary N) is 1. The number of rotatable bonds is 19. The Morgan fingerprint density at radius 1 is 0.950 bits per heavy atom. The van der Waals surface area contributed by atoms with Gasteiger partial charge in [-0.25, -0.2) is 0 Å². The number of hydrogen-bond donors (Lipinski definition) is 1. The van der Waals surface area contributed by atoms with Crippen LogP contribution in [0.15, 0.2) is 23.8 Å². The molecule has 7 nitrogen and oxygen atoms in total. The molecule has 0 aromatic heterocycles. The lowest BCUT2D eigenvalue weighted by atomic mass is 9.81. The number of carbonyl (C=O) groups is 2. The van der Waals surface area contributed by atoms with Crippen LogP contribution in [0.2, 0.25) is 0 Å². The fraction of sp³-hybridized carbons (Fsp3) is 0.818. The summed E-state index contributed by atoms with van der Waals surface area (Å²) in [5, 5.41) is 3.13. The number of Topliss-reactive ketones (excluding diaryl/α,β-unsaturated/α-hetero) is 1. The number of amides is 1. The molecule has 40 heavy (non-hydrogen) atoms. The fourth-order valence-electron chi connectivity index (χ4n) is 6.50. The van der Waals surface area contributed by atoms with Crippen molar-refractivity contribution in [2.24, 2.45) is 5.92 Å². The molecule has 1 saturated carbocycles. The minimum Gasteiger partial charge on any atom is -0.358 e. The summed E-state index contributed by atoms with van der Waals surface area (Å²) in [6.45, 7) is 9.34. The molecule has 4 rings (SSSR count). The van der Waals surface area contributed by atoms with Crippen molar-refractivity contribution in [1.82, 2.24) is 5.32 Å². The van der Waals surface area contributed by atoms with Crippen molar-refractivity contribution < 1.29 is 28.5 Å². The molecule has 1 spiro atoms. The lowest BCUT2D eigenvalue weighted by Gasteiger charge is -2.27. The van der Waals surface area contributed by atoms with Crippen molar-refractivity contribution in [3.05, 3.63) is 23.8 Å². The second-order valence-electron chi connectivity index (χ2n) is 12.5. The van der Waals surface area contributed by atoms with E-state index in [4.69, 9.17) is 18.9 Å². The predicted molar refractivity (Wildman–Crippen MR) is 156 cm³/mol. The van der Waals surface area contributed by atoms with Crippen LogP contribution >= 0.6 is 0 Å². The average molecular weight is 560 g/mol. The Labute approximate surface area is 241 Å². The summed E-state index contributed by atoms with van der Waals surface area (Å²) in [6.07, 6.45) is 20.2. The Bertz CT molecular complexity index is 879. The molecule has 1 N–H and O–H groups in total. The summed E-state index contributed by atoms with van der Waals surface area (Å²) in [5.74, 6) is 0.356. The predicted octanol–water partition coefficient (Wildman–Crippen LogP) is 6.34. The van der Waals surface area contributed by atoms with Gasteiger partial charge in [-0.1, -0.05) is 109 Å². The molecule has 3 saturated heterocycles. The van der Waals surface area contributed by atoms with Crippen LogP contribution in [0.4, 0.5) is 0 Å². The van der Waals surface area contributed by atoms with Crippen LogP contribution < -0.4 is 5.32 Å². The highest BCUT2D eigenvalue weighted by atomic mass is 16.7. The van der Waals surface area contributed by atoms with Gasteiger partial charge in [0.2, 0.25) is 5.91 Å². The third kappa shape index (κ3) is 8.27. The average Bonchev–Trinajstić information content (AvgIpc) is 3.86. The Morgan fingerprint density at radius 3 is 2.20 bits per heavy atom. The van der Waals surface area contributed by atoms with E-state index >= 15 is 0 Å². The molecule has 1 amide bonds. The van der Waals surface area contributed by atoms with Gasteiger partial charge in [0.15, 0.2) is 12.1 Å². The zero-order chi connectivity index (χ0) is 28.5.